The quantitative estimate of drug-likeness (QED) is 0.649. The lowest BCUT2D eigenvalue weighted by Crippen LogP contribution is -2.03. The van der Waals surface area contributed by atoms with Gasteiger partial charge in [0.1, 0.15) is 5.78 Å². The maximum Gasteiger partial charge on any atom is 0.130 e. The maximum atomic E-state index is 10.8. The molecule has 0 amide bonds. The standard InChI is InChI=1S/C10H14O.C2H6/c1-8(7-9(2)11)10-5-3-4-6-10;1-2/h3-5,8H,6-7H2,1-2H3;1-2H3. The van der Waals surface area contributed by atoms with Crippen LogP contribution >= 0.6 is 0 Å². The van der Waals surface area contributed by atoms with Crippen molar-refractivity contribution in [3.8, 4) is 0 Å². The van der Waals surface area contributed by atoms with Gasteiger partial charge in [-0.3, -0.25) is 0 Å². The van der Waals surface area contributed by atoms with Crippen molar-refractivity contribution in [3.05, 3.63) is 23.8 Å². The molecule has 0 bridgehead atoms. The molecule has 1 nitrogen and oxygen atoms in total. The second kappa shape index (κ2) is 6.64. The van der Waals surface area contributed by atoms with Gasteiger partial charge in [-0.05, 0) is 19.3 Å². The number of rotatable bonds is 3. The summed E-state index contributed by atoms with van der Waals surface area (Å²) in [5.74, 6) is 0.716. The van der Waals surface area contributed by atoms with Crippen molar-refractivity contribution in [2.45, 2.75) is 40.5 Å². The first-order valence-corrected chi connectivity index (χ1v) is 5.05. The van der Waals surface area contributed by atoms with Gasteiger partial charge in [-0.1, -0.05) is 44.6 Å². The summed E-state index contributed by atoms with van der Waals surface area (Å²) in [4.78, 5) is 10.8. The summed E-state index contributed by atoms with van der Waals surface area (Å²) in [5, 5.41) is 0. The fourth-order valence-corrected chi connectivity index (χ4v) is 1.39. The Kier molecular flexibility index (Phi) is 6.21. The zero-order valence-electron chi connectivity index (χ0n) is 9.13. The minimum atomic E-state index is 0.283. The topological polar surface area (TPSA) is 17.1 Å². The van der Waals surface area contributed by atoms with Crippen LogP contribution in [0.1, 0.15) is 40.5 Å². The van der Waals surface area contributed by atoms with Crippen molar-refractivity contribution in [1.29, 1.82) is 0 Å². The molecular formula is C12H20O. The highest BCUT2D eigenvalue weighted by Gasteiger charge is 2.10. The van der Waals surface area contributed by atoms with Gasteiger partial charge < -0.3 is 4.79 Å². The molecule has 74 valence electrons. The lowest BCUT2D eigenvalue weighted by Gasteiger charge is -2.09. The number of carbonyl (C=O) groups excluding carboxylic acids is 1. The Balaban J connectivity index is 0.000000671. The summed E-state index contributed by atoms with van der Waals surface area (Å²) in [5.41, 5.74) is 1.39. The van der Waals surface area contributed by atoms with E-state index in [9.17, 15) is 4.79 Å². The van der Waals surface area contributed by atoms with Gasteiger partial charge in [-0.25, -0.2) is 0 Å². The van der Waals surface area contributed by atoms with Gasteiger partial charge >= 0.3 is 0 Å². The first-order chi connectivity index (χ1) is 6.20. The lowest BCUT2D eigenvalue weighted by atomic mass is 9.95. The molecule has 0 aromatic heterocycles. The molecule has 1 rings (SSSR count). The second-order valence-corrected chi connectivity index (χ2v) is 3.18. The van der Waals surface area contributed by atoms with Crippen LogP contribution in [-0.4, -0.2) is 5.78 Å². The van der Waals surface area contributed by atoms with Crippen LogP contribution in [-0.2, 0) is 4.79 Å². The van der Waals surface area contributed by atoms with Crippen molar-refractivity contribution in [3.63, 3.8) is 0 Å². The molecule has 13 heavy (non-hydrogen) atoms. The fourth-order valence-electron chi connectivity index (χ4n) is 1.39. The van der Waals surface area contributed by atoms with Crippen molar-refractivity contribution in [1.82, 2.24) is 0 Å². The third kappa shape index (κ3) is 4.66. The zero-order chi connectivity index (χ0) is 10.3. The second-order valence-electron chi connectivity index (χ2n) is 3.18. The Morgan fingerprint density at radius 1 is 1.54 bits per heavy atom. The summed E-state index contributed by atoms with van der Waals surface area (Å²) in [6.07, 6.45) is 8.04. The van der Waals surface area contributed by atoms with E-state index in [1.165, 1.54) is 5.57 Å². The normalized spacial score (nSPS) is 15.8. The predicted octanol–water partition coefficient (Wildman–Crippen LogP) is 3.51. The van der Waals surface area contributed by atoms with Crippen LogP contribution < -0.4 is 0 Å². The van der Waals surface area contributed by atoms with E-state index in [1.54, 1.807) is 6.92 Å². The molecule has 1 unspecified atom stereocenters. The number of carbonyl (C=O) groups is 1. The van der Waals surface area contributed by atoms with Crippen LogP contribution in [0.2, 0.25) is 0 Å². The number of Topliss-reactive ketones (excluding diaryl/α,β-unsaturated/α-hetero) is 1. The average molecular weight is 180 g/mol. The van der Waals surface area contributed by atoms with Gasteiger partial charge in [-0.2, -0.15) is 0 Å². The van der Waals surface area contributed by atoms with Gasteiger partial charge in [0, 0.05) is 6.42 Å². The number of hydrogen-bond acceptors (Lipinski definition) is 1. The predicted molar refractivity (Wildman–Crippen MR) is 57.7 cm³/mol. The van der Waals surface area contributed by atoms with Crippen LogP contribution in [0.25, 0.3) is 0 Å². The first-order valence-electron chi connectivity index (χ1n) is 5.05. The van der Waals surface area contributed by atoms with Crippen molar-refractivity contribution >= 4 is 5.78 Å². The van der Waals surface area contributed by atoms with Crippen molar-refractivity contribution in [2.24, 2.45) is 5.92 Å². The molecule has 0 N–H and O–H groups in total. The monoisotopic (exact) mass is 180 g/mol. The Labute approximate surface area is 81.5 Å². The molecule has 0 radical (unpaired) electrons. The molecule has 1 aliphatic carbocycles. The molecule has 1 aliphatic rings. The molecule has 0 aromatic rings. The number of hydrogen-bond donors (Lipinski definition) is 0. The van der Waals surface area contributed by atoms with Gasteiger partial charge in [0.05, 0.1) is 0 Å². The molecule has 1 atom stereocenters. The largest absolute Gasteiger partial charge is 0.300 e. The number of allylic oxidation sites excluding steroid dienone is 4. The Morgan fingerprint density at radius 3 is 2.54 bits per heavy atom. The number of ketones is 1. The molecule has 0 aromatic carbocycles. The molecule has 0 heterocycles. The van der Waals surface area contributed by atoms with E-state index in [0.717, 1.165) is 6.42 Å². The van der Waals surface area contributed by atoms with E-state index < -0.39 is 0 Å². The Bertz CT molecular complexity index is 211. The molecule has 0 saturated carbocycles. The Morgan fingerprint density at radius 2 is 2.15 bits per heavy atom. The average Bonchev–Trinajstić information content (AvgIpc) is 2.58. The summed E-state index contributed by atoms with van der Waals surface area (Å²) >= 11 is 0. The fraction of sp³-hybridized carbons (Fsp3) is 0.583. The van der Waals surface area contributed by atoms with E-state index in [0.29, 0.717) is 12.3 Å². The summed E-state index contributed by atoms with van der Waals surface area (Å²) < 4.78 is 0. The third-order valence-corrected chi connectivity index (χ3v) is 2.03. The van der Waals surface area contributed by atoms with E-state index in [4.69, 9.17) is 0 Å². The minimum Gasteiger partial charge on any atom is -0.300 e. The van der Waals surface area contributed by atoms with E-state index >= 15 is 0 Å². The molecule has 0 saturated heterocycles. The summed E-state index contributed by atoms with van der Waals surface area (Å²) in [7, 11) is 0. The van der Waals surface area contributed by atoms with E-state index in [2.05, 4.69) is 25.2 Å². The van der Waals surface area contributed by atoms with Gasteiger partial charge in [0.25, 0.3) is 0 Å². The van der Waals surface area contributed by atoms with Gasteiger partial charge in [-0.15, -0.1) is 0 Å². The van der Waals surface area contributed by atoms with Crippen LogP contribution in [0.15, 0.2) is 23.8 Å². The first kappa shape index (κ1) is 12.2. The maximum absolute atomic E-state index is 10.8. The molecular weight excluding hydrogens is 160 g/mol. The smallest absolute Gasteiger partial charge is 0.130 e. The van der Waals surface area contributed by atoms with E-state index in [1.807, 2.05) is 13.8 Å². The highest BCUT2D eigenvalue weighted by atomic mass is 16.1. The van der Waals surface area contributed by atoms with Crippen molar-refractivity contribution < 1.29 is 4.79 Å². The van der Waals surface area contributed by atoms with Gasteiger partial charge in [0.2, 0.25) is 0 Å². The Hall–Kier alpha value is -0.850. The highest BCUT2D eigenvalue weighted by molar-refractivity contribution is 5.76. The molecule has 0 fully saturated rings. The van der Waals surface area contributed by atoms with Crippen LogP contribution in [0.3, 0.4) is 0 Å². The van der Waals surface area contributed by atoms with Gasteiger partial charge in [0.15, 0.2) is 0 Å². The zero-order valence-corrected chi connectivity index (χ0v) is 9.13. The SMILES string of the molecule is CC.CC(=O)CC(C)C1=CC=CC1. The minimum absolute atomic E-state index is 0.283. The highest BCUT2D eigenvalue weighted by Crippen LogP contribution is 2.22. The van der Waals surface area contributed by atoms with Crippen LogP contribution in [0.4, 0.5) is 0 Å². The van der Waals surface area contributed by atoms with Crippen molar-refractivity contribution in [2.75, 3.05) is 0 Å². The molecule has 0 spiro atoms. The van der Waals surface area contributed by atoms with Crippen LogP contribution in [0.5, 0.6) is 0 Å². The summed E-state index contributed by atoms with van der Waals surface area (Å²) in [6.45, 7) is 7.76. The summed E-state index contributed by atoms with van der Waals surface area (Å²) in [6, 6.07) is 0. The molecule has 1 heteroatoms. The molecule has 0 aliphatic heterocycles. The lowest BCUT2D eigenvalue weighted by molar-refractivity contribution is -0.117. The third-order valence-electron chi connectivity index (χ3n) is 2.03. The van der Waals surface area contributed by atoms with E-state index in [-0.39, 0.29) is 5.78 Å². The van der Waals surface area contributed by atoms with Crippen LogP contribution in [0, 0.1) is 5.92 Å².